The number of aryl methyl sites for hydroxylation is 2. The quantitative estimate of drug-likeness (QED) is 0.842. The third-order valence-corrected chi connectivity index (χ3v) is 2.92. The first-order valence-corrected chi connectivity index (χ1v) is 5.43. The van der Waals surface area contributed by atoms with Crippen molar-refractivity contribution in [2.75, 3.05) is 0 Å². The molecule has 3 heteroatoms. The zero-order valence-electron chi connectivity index (χ0n) is 8.03. The van der Waals surface area contributed by atoms with Crippen LogP contribution in [0.25, 0.3) is 0 Å². The molecule has 1 aromatic rings. The number of carboxylic acids is 1. The Labute approximate surface area is 92.1 Å². The van der Waals surface area contributed by atoms with E-state index in [4.69, 9.17) is 5.11 Å². The van der Waals surface area contributed by atoms with Gasteiger partial charge in [-0.05, 0) is 25.3 Å². The summed E-state index contributed by atoms with van der Waals surface area (Å²) in [5.74, 6) is -0.794. The summed E-state index contributed by atoms with van der Waals surface area (Å²) in [5.41, 5.74) is 2.41. The Kier molecular flexibility index (Phi) is 4.14. The van der Waals surface area contributed by atoms with Crippen molar-refractivity contribution >= 4 is 21.9 Å². The van der Waals surface area contributed by atoms with E-state index in [1.165, 1.54) is 11.1 Å². The minimum Gasteiger partial charge on any atom is -0.480 e. The number of carbonyl (C=O) groups is 1. The van der Waals surface area contributed by atoms with Crippen LogP contribution >= 0.6 is 15.9 Å². The van der Waals surface area contributed by atoms with Crippen LogP contribution in [0.3, 0.4) is 0 Å². The maximum atomic E-state index is 10.5. The molecule has 1 rings (SSSR count). The highest BCUT2D eigenvalue weighted by atomic mass is 79.9. The van der Waals surface area contributed by atoms with E-state index in [0.717, 1.165) is 6.42 Å². The van der Waals surface area contributed by atoms with E-state index >= 15 is 0 Å². The number of alkyl halides is 1. The Morgan fingerprint density at radius 3 is 2.50 bits per heavy atom. The van der Waals surface area contributed by atoms with Gasteiger partial charge < -0.3 is 5.11 Å². The number of rotatable bonds is 4. The lowest BCUT2D eigenvalue weighted by Crippen LogP contribution is -2.13. The summed E-state index contributed by atoms with van der Waals surface area (Å²) in [7, 11) is 0. The molecule has 0 aliphatic rings. The predicted octanol–water partition coefficient (Wildman–Crippen LogP) is 2.78. The van der Waals surface area contributed by atoms with E-state index in [9.17, 15) is 4.79 Å². The van der Waals surface area contributed by atoms with Crippen LogP contribution in [-0.4, -0.2) is 15.9 Å². The summed E-state index contributed by atoms with van der Waals surface area (Å²) in [6.45, 7) is 2.04. The van der Waals surface area contributed by atoms with E-state index in [1.54, 1.807) is 0 Å². The van der Waals surface area contributed by atoms with Gasteiger partial charge >= 0.3 is 5.97 Å². The van der Waals surface area contributed by atoms with Crippen molar-refractivity contribution in [3.05, 3.63) is 35.4 Å². The molecule has 0 aliphatic heterocycles. The molecule has 14 heavy (non-hydrogen) atoms. The van der Waals surface area contributed by atoms with Crippen LogP contribution in [0, 0.1) is 6.92 Å². The largest absolute Gasteiger partial charge is 0.480 e. The summed E-state index contributed by atoms with van der Waals surface area (Å²) in [4.78, 5) is 10.1. The van der Waals surface area contributed by atoms with Gasteiger partial charge in [-0.25, -0.2) is 0 Å². The smallest absolute Gasteiger partial charge is 0.317 e. The molecule has 0 saturated carbocycles. The summed E-state index contributed by atoms with van der Waals surface area (Å²) >= 11 is 3.11. The number of aliphatic carboxylic acids is 1. The maximum absolute atomic E-state index is 10.5. The van der Waals surface area contributed by atoms with Gasteiger partial charge in [0.05, 0.1) is 0 Å². The van der Waals surface area contributed by atoms with Crippen molar-refractivity contribution in [1.29, 1.82) is 0 Å². The van der Waals surface area contributed by atoms with Gasteiger partial charge in [0.25, 0.3) is 0 Å². The lowest BCUT2D eigenvalue weighted by atomic mass is 10.1. The molecular formula is C11H13BrO2. The summed E-state index contributed by atoms with van der Waals surface area (Å²) < 4.78 is 0. The minimum atomic E-state index is -0.794. The predicted molar refractivity (Wildman–Crippen MR) is 59.9 cm³/mol. The zero-order valence-corrected chi connectivity index (χ0v) is 9.62. The molecule has 0 aromatic heterocycles. The van der Waals surface area contributed by atoms with Crippen molar-refractivity contribution in [2.45, 2.75) is 24.6 Å². The second-order valence-electron chi connectivity index (χ2n) is 3.33. The SMILES string of the molecule is Cc1ccc(CCC(Br)C(=O)O)cc1. The molecule has 2 nitrogen and oxygen atoms in total. The van der Waals surface area contributed by atoms with Gasteiger partial charge in [0.15, 0.2) is 0 Å². The topological polar surface area (TPSA) is 37.3 Å². The number of hydrogen-bond donors (Lipinski definition) is 1. The molecule has 0 fully saturated rings. The molecular weight excluding hydrogens is 244 g/mol. The van der Waals surface area contributed by atoms with Crippen molar-refractivity contribution in [1.82, 2.24) is 0 Å². The van der Waals surface area contributed by atoms with Gasteiger partial charge in [0.2, 0.25) is 0 Å². The molecule has 1 atom stereocenters. The molecule has 1 unspecified atom stereocenters. The summed E-state index contributed by atoms with van der Waals surface area (Å²) in [6, 6.07) is 8.16. The van der Waals surface area contributed by atoms with Crippen LogP contribution < -0.4 is 0 Å². The third-order valence-electron chi connectivity index (χ3n) is 2.08. The molecule has 0 amide bonds. The normalized spacial score (nSPS) is 12.4. The molecule has 0 aliphatic carbocycles. The Morgan fingerprint density at radius 2 is 2.00 bits per heavy atom. The monoisotopic (exact) mass is 256 g/mol. The summed E-state index contributed by atoms with van der Waals surface area (Å²) in [6.07, 6.45) is 1.42. The average molecular weight is 257 g/mol. The maximum Gasteiger partial charge on any atom is 0.317 e. The van der Waals surface area contributed by atoms with Crippen LogP contribution in [0.1, 0.15) is 17.5 Å². The van der Waals surface area contributed by atoms with Crippen LogP contribution in [0.5, 0.6) is 0 Å². The van der Waals surface area contributed by atoms with Crippen molar-refractivity contribution in [2.24, 2.45) is 0 Å². The number of benzene rings is 1. The second kappa shape index (κ2) is 5.15. The molecule has 1 aromatic carbocycles. The Hall–Kier alpha value is -0.830. The molecule has 0 saturated heterocycles. The number of carboxylic acid groups (broad SMARTS) is 1. The van der Waals surface area contributed by atoms with E-state index in [-0.39, 0.29) is 0 Å². The minimum absolute atomic E-state index is 0.441. The van der Waals surface area contributed by atoms with E-state index in [2.05, 4.69) is 15.9 Å². The molecule has 0 heterocycles. The van der Waals surface area contributed by atoms with E-state index < -0.39 is 10.8 Å². The molecule has 0 spiro atoms. The first kappa shape index (κ1) is 11.2. The van der Waals surface area contributed by atoms with Gasteiger partial charge in [-0.1, -0.05) is 45.8 Å². The average Bonchev–Trinajstić information content (AvgIpc) is 2.16. The van der Waals surface area contributed by atoms with Crippen LogP contribution in [0.4, 0.5) is 0 Å². The third kappa shape index (κ3) is 3.50. The zero-order chi connectivity index (χ0) is 10.6. The van der Waals surface area contributed by atoms with E-state index in [1.807, 2.05) is 31.2 Å². The first-order chi connectivity index (χ1) is 6.59. The van der Waals surface area contributed by atoms with Crippen LogP contribution in [0.15, 0.2) is 24.3 Å². The number of hydrogen-bond acceptors (Lipinski definition) is 1. The van der Waals surface area contributed by atoms with Gasteiger partial charge in [0, 0.05) is 0 Å². The molecule has 1 N–H and O–H groups in total. The first-order valence-electron chi connectivity index (χ1n) is 4.52. The van der Waals surface area contributed by atoms with Crippen LogP contribution in [-0.2, 0) is 11.2 Å². The highest BCUT2D eigenvalue weighted by molar-refractivity contribution is 9.10. The second-order valence-corrected chi connectivity index (χ2v) is 4.44. The molecule has 0 radical (unpaired) electrons. The Morgan fingerprint density at radius 1 is 1.43 bits per heavy atom. The van der Waals surface area contributed by atoms with E-state index in [0.29, 0.717) is 6.42 Å². The fourth-order valence-electron chi connectivity index (χ4n) is 1.17. The lowest BCUT2D eigenvalue weighted by molar-refractivity contribution is -0.136. The fraction of sp³-hybridized carbons (Fsp3) is 0.364. The molecule has 76 valence electrons. The highest BCUT2D eigenvalue weighted by Gasteiger charge is 2.12. The van der Waals surface area contributed by atoms with Gasteiger partial charge in [-0.2, -0.15) is 0 Å². The van der Waals surface area contributed by atoms with Crippen molar-refractivity contribution in [3.8, 4) is 0 Å². The highest BCUT2D eigenvalue weighted by Crippen LogP contribution is 2.11. The fourth-order valence-corrected chi connectivity index (χ4v) is 1.40. The van der Waals surface area contributed by atoms with Gasteiger partial charge in [-0.15, -0.1) is 0 Å². The van der Waals surface area contributed by atoms with Gasteiger partial charge in [0.1, 0.15) is 4.83 Å². The Bertz CT molecular complexity index is 306. The van der Waals surface area contributed by atoms with Crippen molar-refractivity contribution in [3.63, 3.8) is 0 Å². The number of halogens is 1. The van der Waals surface area contributed by atoms with Crippen molar-refractivity contribution < 1.29 is 9.90 Å². The Balaban J connectivity index is 2.46. The van der Waals surface area contributed by atoms with Gasteiger partial charge in [-0.3, -0.25) is 4.79 Å². The standard InChI is InChI=1S/C11H13BrO2/c1-8-2-4-9(5-3-8)6-7-10(12)11(13)14/h2-5,10H,6-7H2,1H3,(H,13,14). The van der Waals surface area contributed by atoms with Crippen LogP contribution in [0.2, 0.25) is 0 Å². The summed E-state index contributed by atoms with van der Waals surface area (Å²) in [5, 5.41) is 8.66. The molecule has 0 bridgehead atoms. The lowest BCUT2D eigenvalue weighted by Gasteiger charge is -2.04.